The molecule has 1 aromatic carbocycles. The molecule has 0 N–H and O–H groups in total. The van der Waals surface area contributed by atoms with Crippen LogP contribution in [0.25, 0.3) is 5.57 Å². The molecule has 2 nitrogen and oxygen atoms in total. The van der Waals surface area contributed by atoms with Crippen molar-refractivity contribution in [3.63, 3.8) is 0 Å². The monoisotopic (exact) mass is 178 g/mol. The molecule has 0 spiro atoms. The molecular formula is C10H7FO2. The third kappa shape index (κ3) is 1.33. The van der Waals surface area contributed by atoms with E-state index in [1.807, 2.05) is 6.07 Å². The van der Waals surface area contributed by atoms with Crippen LogP contribution in [0, 0.1) is 0 Å². The van der Waals surface area contributed by atoms with Crippen molar-refractivity contribution in [1.82, 2.24) is 0 Å². The molecule has 13 heavy (non-hydrogen) atoms. The zero-order chi connectivity index (χ0) is 9.26. The summed E-state index contributed by atoms with van der Waals surface area (Å²) >= 11 is 0. The zero-order valence-corrected chi connectivity index (χ0v) is 6.79. The summed E-state index contributed by atoms with van der Waals surface area (Å²) < 4.78 is 17.6. The third-order valence-corrected chi connectivity index (χ3v) is 1.91. The molecule has 2 rings (SSSR count). The van der Waals surface area contributed by atoms with Crippen LogP contribution < -0.4 is 0 Å². The normalized spacial score (nSPS) is 16.2. The van der Waals surface area contributed by atoms with Crippen molar-refractivity contribution >= 4 is 11.5 Å². The first-order chi connectivity index (χ1) is 6.29. The van der Waals surface area contributed by atoms with Gasteiger partial charge in [-0.1, -0.05) is 30.3 Å². The molecule has 0 saturated carbocycles. The van der Waals surface area contributed by atoms with Gasteiger partial charge in [0.25, 0.3) is 0 Å². The SMILES string of the molecule is O=C1OCC(c2ccccc2)=C1F. The smallest absolute Gasteiger partial charge is 0.367 e. The van der Waals surface area contributed by atoms with Crippen LogP contribution in [0.15, 0.2) is 36.2 Å². The van der Waals surface area contributed by atoms with Gasteiger partial charge in [-0.2, -0.15) is 4.39 Å². The lowest BCUT2D eigenvalue weighted by atomic mass is 10.1. The summed E-state index contributed by atoms with van der Waals surface area (Å²) in [5.41, 5.74) is 1.04. The maximum absolute atomic E-state index is 13.1. The van der Waals surface area contributed by atoms with Crippen LogP contribution in [0.2, 0.25) is 0 Å². The summed E-state index contributed by atoms with van der Waals surface area (Å²) in [6, 6.07) is 8.91. The van der Waals surface area contributed by atoms with Gasteiger partial charge in [0.05, 0.1) is 0 Å². The summed E-state index contributed by atoms with van der Waals surface area (Å²) in [5.74, 6) is -1.63. The number of halogens is 1. The second-order valence-corrected chi connectivity index (χ2v) is 2.73. The molecule has 0 aliphatic carbocycles. The first-order valence-corrected chi connectivity index (χ1v) is 3.90. The van der Waals surface area contributed by atoms with Crippen LogP contribution in [0.4, 0.5) is 4.39 Å². The third-order valence-electron chi connectivity index (χ3n) is 1.91. The van der Waals surface area contributed by atoms with Crippen molar-refractivity contribution in [2.24, 2.45) is 0 Å². The van der Waals surface area contributed by atoms with Crippen LogP contribution in [0.1, 0.15) is 5.56 Å². The van der Waals surface area contributed by atoms with E-state index in [4.69, 9.17) is 0 Å². The molecule has 1 aromatic rings. The molecule has 1 heterocycles. The molecule has 0 aromatic heterocycles. The average molecular weight is 178 g/mol. The minimum Gasteiger partial charge on any atom is -0.455 e. The fourth-order valence-electron chi connectivity index (χ4n) is 1.24. The van der Waals surface area contributed by atoms with Crippen molar-refractivity contribution < 1.29 is 13.9 Å². The van der Waals surface area contributed by atoms with E-state index >= 15 is 0 Å². The highest BCUT2D eigenvalue weighted by Gasteiger charge is 2.25. The Balaban J connectivity index is 2.43. The lowest BCUT2D eigenvalue weighted by Crippen LogP contribution is -1.93. The zero-order valence-electron chi connectivity index (χ0n) is 6.79. The van der Waals surface area contributed by atoms with E-state index in [1.165, 1.54) is 0 Å². The Morgan fingerprint density at radius 1 is 1.23 bits per heavy atom. The van der Waals surface area contributed by atoms with Gasteiger partial charge in [-0.15, -0.1) is 0 Å². The Labute approximate surface area is 74.6 Å². The average Bonchev–Trinajstić information content (AvgIpc) is 2.49. The summed E-state index contributed by atoms with van der Waals surface area (Å²) in [6.07, 6.45) is 0. The molecule has 0 unspecified atom stereocenters. The Bertz CT molecular complexity index is 368. The quantitative estimate of drug-likeness (QED) is 0.614. The number of benzene rings is 1. The maximum Gasteiger partial charge on any atom is 0.367 e. The predicted octanol–water partition coefficient (Wildman–Crippen LogP) is 1.92. The number of cyclic esters (lactones) is 1. The van der Waals surface area contributed by atoms with E-state index in [2.05, 4.69) is 4.74 Å². The highest BCUT2D eigenvalue weighted by Crippen LogP contribution is 2.25. The number of carbonyl (C=O) groups is 1. The fraction of sp³-hybridized carbons (Fsp3) is 0.100. The topological polar surface area (TPSA) is 26.3 Å². The van der Waals surface area contributed by atoms with E-state index in [0.29, 0.717) is 11.1 Å². The van der Waals surface area contributed by atoms with Gasteiger partial charge >= 0.3 is 5.97 Å². The lowest BCUT2D eigenvalue weighted by molar-refractivity contribution is -0.137. The highest BCUT2D eigenvalue weighted by atomic mass is 19.1. The van der Waals surface area contributed by atoms with Crippen molar-refractivity contribution in [3.05, 3.63) is 41.7 Å². The van der Waals surface area contributed by atoms with Gasteiger partial charge < -0.3 is 4.74 Å². The number of ether oxygens (including phenoxy) is 1. The van der Waals surface area contributed by atoms with Crippen molar-refractivity contribution in [3.8, 4) is 0 Å². The molecule has 3 heteroatoms. The summed E-state index contributed by atoms with van der Waals surface area (Å²) in [5, 5.41) is 0. The van der Waals surface area contributed by atoms with Crippen LogP contribution in [0.5, 0.6) is 0 Å². The van der Waals surface area contributed by atoms with E-state index < -0.39 is 11.8 Å². The predicted molar refractivity (Wildman–Crippen MR) is 45.4 cm³/mol. The molecule has 1 aliphatic heterocycles. The first kappa shape index (κ1) is 7.98. The molecule has 0 atom stereocenters. The second kappa shape index (κ2) is 3.01. The Hall–Kier alpha value is -1.64. The minimum absolute atomic E-state index is 0.0364. The van der Waals surface area contributed by atoms with Gasteiger partial charge in [-0.25, -0.2) is 4.79 Å². The first-order valence-electron chi connectivity index (χ1n) is 3.90. The number of esters is 1. The van der Waals surface area contributed by atoms with Gasteiger partial charge in [0, 0.05) is 5.57 Å². The number of carbonyl (C=O) groups excluding carboxylic acids is 1. The molecule has 0 fully saturated rings. The molecule has 0 saturated heterocycles. The lowest BCUT2D eigenvalue weighted by Gasteiger charge is -1.97. The maximum atomic E-state index is 13.1. The van der Waals surface area contributed by atoms with Crippen LogP contribution in [-0.2, 0) is 9.53 Å². The van der Waals surface area contributed by atoms with Crippen molar-refractivity contribution in [2.75, 3.05) is 6.61 Å². The van der Waals surface area contributed by atoms with E-state index in [1.54, 1.807) is 24.3 Å². The van der Waals surface area contributed by atoms with Gasteiger partial charge in [-0.3, -0.25) is 0 Å². The van der Waals surface area contributed by atoms with Crippen LogP contribution in [-0.4, -0.2) is 12.6 Å². The second-order valence-electron chi connectivity index (χ2n) is 2.73. The Morgan fingerprint density at radius 2 is 1.92 bits per heavy atom. The van der Waals surface area contributed by atoms with E-state index in [-0.39, 0.29) is 6.61 Å². The molecule has 0 amide bonds. The van der Waals surface area contributed by atoms with Crippen LogP contribution in [0.3, 0.4) is 0 Å². The molecule has 0 bridgehead atoms. The van der Waals surface area contributed by atoms with E-state index in [9.17, 15) is 9.18 Å². The molecule has 1 aliphatic rings. The number of hydrogen-bond donors (Lipinski definition) is 0. The van der Waals surface area contributed by atoms with Crippen molar-refractivity contribution in [2.45, 2.75) is 0 Å². The fourth-order valence-corrected chi connectivity index (χ4v) is 1.24. The largest absolute Gasteiger partial charge is 0.455 e. The molecule has 0 radical (unpaired) electrons. The van der Waals surface area contributed by atoms with E-state index in [0.717, 1.165) is 0 Å². The Kier molecular flexibility index (Phi) is 1.85. The summed E-state index contributed by atoms with van der Waals surface area (Å²) in [7, 11) is 0. The summed E-state index contributed by atoms with van der Waals surface area (Å²) in [6.45, 7) is 0.0364. The molecular weight excluding hydrogens is 171 g/mol. The summed E-state index contributed by atoms with van der Waals surface area (Å²) in [4.78, 5) is 10.7. The van der Waals surface area contributed by atoms with Gasteiger partial charge in [0.1, 0.15) is 6.61 Å². The number of hydrogen-bond acceptors (Lipinski definition) is 2. The van der Waals surface area contributed by atoms with Crippen molar-refractivity contribution in [1.29, 1.82) is 0 Å². The number of rotatable bonds is 1. The minimum atomic E-state index is -0.862. The standard InChI is InChI=1S/C10H7FO2/c11-9-8(6-13-10(9)12)7-4-2-1-3-5-7/h1-5H,6H2. The Morgan fingerprint density at radius 3 is 2.46 bits per heavy atom. The van der Waals surface area contributed by atoms with Crippen LogP contribution >= 0.6 is 0 Å². The van der Waals surface area contributed by atoms with Gasteiger partial charge in [0.2, 0.25) is 5.83 Å². The highest BCUT2D eigenvalue weighted by molar-refractivity contribution is 5.99. The van der Waals surface area contributed by atoms with Gasteiger partial charge in [0.15, 0.2) is 0 Å². The molecule has 66 valence electrons. The van der Waals surface area contributed by atoms with Gasteiger partial charge in [-0.05, 0) is 5.56 Å².